The number of hydrogen-bond donors (Lipinski definition) is 1. The average Bonchev–Trinajstić information content (AvgIpc) is 2.96. The van der Waals surface area contributed by atoms with Gasteiger partial charge < -0.3 is 10.1 Å². The molecule has 0 saturated heterocycles. The number of fused-ring (bicyclic) bond motifs is 1. The lowest BCUT2D eigenvalue weighted by Gasteiger charge is -2.15. The lowest BCUT2D eigenvalue weighted by Crippen LogP contribution is -2.31. The Labute approximate surface area is 158 Å². The monoisotopic (exact) mass is 394 g/mol. The number of ether oxygens (including phenoxy) is 1. The molecule has 3 rings (SSSR count). The van der Waals surface area contributed by atoms with Gasteiger partial charge in [0.25, 0.3) is 5.56 Å². The van der Waals surface area contributed by atoms with Gasteiger partial charge in [0.05, 0.1) is 18.0 Å². The van der Waals surface area contributed by atoms with Gasteiger partial charge in [-0.05, 0) is 25.2 Å². The highest BCUT2D eigenvalue weighted by molar-refractivity contribution is 7.98. The van der Waals surface area contributed by atoms with Crippen LogP contribution in [0.2, 0.25) is 0 Å². The zero-order valence-electron chi connectivity index (χ0n) is 14.4. The van der Waals surface area contributed by atoms with E-state index in [0.717, 1.165) is 45.2 Å². The van der Waals surface area contributed by atoms with Crippen molar-refractivity contribution in [2.75, 3.05) is 17.7 Å². The number of thioether (sulfide) groups is 1. The molecule has 0 unspecified atom stereocenters. The van der Waals surface area contributed by atoms with Gasteiger partial charge in [0.2, 0.25) is 5.91 Å². The Morgan fingerprint density at radius 2 is 2.23 bits per heavy atom. The molecular formula is C16H18N4O4S2. The highest BCUT2D eigenvalue weighted by Crippen LogP contribution is 2.23. The van der Waals surface area contributed by atoms with Crippen LogP contribution < -0.4 is 10.9 Å². The lowest BCUT2D eigenvalue weighted by atomic mass is 10.2. The second kappa shape index (κ2) is 8.00. The number of nitrogens with zero attached hydrogens (tertiary/aromatic N) is 3. The van der Waals surface area contributed by atoms with E-state index >= 15 is 0 Å². The number of aryl methyl sites for hydroxylation is 2. The molecule has 0 spiro atoms. The molecule has 0 atom stereocenters. The van der Waals surface area contributed by atoms with Crippen LogP contribution in [0.15, 0.2) is 10.9 Å². The van der Waals surface area contributed by atoms with Crippen molar-refractivity contribution in [3.05, 3.63) is 38.2 Å². The summed E-state index contributed by atoms with van der Waals surface area (Å²) in [7, 11) is 0. The smallest absolute Gasteiger partial charge is 0.350 e. The minimum absolute atomic E-state index is 0.202. The van der Waals surface area contributed by atoms with Gasteiger partial charge in [0.15, 0.2) is 5.13 Å². The van der Waals surface area contributed by atoms with Crippen LogP contribution >= 0.6 is 23.1 Å². The van der Waals surface area contributed by atoms with E-state index < -0.39 is 11.9 Å². The molecule has 0 aliphatic carbocycles. The first-order valence-electron chi connectivity index (χ1n) is 8.10. The predicted octanol–water partition coefficient (Wildman–Crippen LogP) is 1.61. The van der Waals surface area contributed by atoms with Gasteiger partial charge in [-0.25, -0.2) is 14.5 Å². The topological polar surface area (TPSA) is 103 Å². The van der Waals surface area contributed by atoms with Crippen molar-refractivity contribution in [2.24, 2.45) is 0 Å². The fourth-order valence-electron chi connectivity index (χ4n) is 2.50. The maximum atomic E-state index is 12.3. The largest absolute Gasteiger partial charge is 0.462 e. The normalized spacial score (nSPS) is 13.2. The van der Waals surface area contributed by atoms with Gasteiger partial charge in [-0.15, -0.1) is 0 Å². The number of thiazole rings is 1. The molecule has 2 aromatic heterocycles. The van der Waals surface area contributed by atoms with Gasteiger partial charge in [0, 0.05) is 18.2 Å². The summed E-state index contributed by atoms with van der Waals surface area (Å²) in [4.78, 5) is 40.7. The highest BCUT2D eigenvalue weighted by atomic mass is 32.2. The summed E-state index contributed by atoms with van der Waals surface area (Å²) < 4.78 is 6.12. The van der Waals surface area contributed by atoms with Crippen LogP contribution in [0.1, 0.15) is 33.5 Å². The fourth-order valence-corrected chi connectivity index (χ4v) is 4.32. The van der Waals surface area contributed by atoms with E-state index in [1.54, 1.807) is 31.7 Å². The Bertz CT molecular complexity index is 906. The number of carbonyl (C=O) groups excluding carboxylic acids is 2. The van der Waals surface area contributed by atoms with Crippen molar-refractivity contribution in [2.45, 2.75) is 32.6 Å². The summed E-state index contributed by atoms with van der Waals surface area (Å²) >= 11 is 2.81. The molecule has 8 nitrogen and oxygen atoms in total. The second-order valence-electron chi connectivity index (χ2n) is 5.62. The Kier molecular flexibility index (Phi) is 5.72. The van der Waals surface area contributed by atoms with E-state index in [4.69, 9.17) is 4.74 Å². The lowest BCUT2D eigenvalue weighted by molar-refractivity contribution is -0.117. The summed E-state index contributed by atoms with van der Waals surface area (Å²) in [5.74, 6) is 0.848. The molecule has 10 heteroatoms. The van der Waals surface area contributed by atoms with Crippen LogP contribution in [-0.4, -0.2) is 39.0 Å². The van der Waals surface area contributed by atoms with Gasteiger partial charge in [0.1, 0.15) is 11.4 Å². The molecular weight excluding hydrogens is 376 g/mol. The third-order valence-electron chi connectivity index (χ3n) is 3.70. The van der Waals surface area contributed by atoms with Crippen molar-refractivity contribution < 1.29 is 14.3 Å². The molecule has 1 aliphatic heterocycles. The number of aromatic nitrogens is 3. The molecule has 0 saturated carbocycles. The van der Waals surface area contributed by atoms with E-state index in [9.17, 15) is 14.4 Å². The molecule has 1 aliphatic rings. The number of hydrogen-bond acceptors (Lipinski definition) is 8. The average molecular weight is 394 g/mol. The van der Waals surface area contributed by atoms with Crippen molar-refractivity contribution in [3.8, 4) is 0 Å². The first-order chi connectivity index (χ1) is 12.5. The van der Waals surface area contributed by atoms with Crippen LogP contribution in [0.3, 0.4) is 0 Å². The molecule has 1 amide bonds. The molecule has 138 valence electrons. The molecule has 26 heavy (non-hydrogen) atoms. The summed E-state index contributed by atoms with van der Waals surface area (Å²) in [5, 5.41) is 7.21. The Balaban J connectivity index is 1.71. The molecule has 2 aromatic rings. The first-order valence-corrected chi connectivity index (χ1v) is 10.1. The Morgan fingerprint density at radius 3 is 3.00 bits per heavy atom. The highest BCUT2D eigenvalue weighted by Gasteiger charge is 2.19. The summed E-state index contributed by atoms with van der Waals surface area (Å²) in [6, 6.07) is 1.55. The third kappa shape index (κ3) is 4.13. The van der Waals surface area contributed by atoms with Gasteiger partial charge in [-0.3, -0.25) is 9.59 Å². The molecule has 0 aromatic carbocycles. The SMILES string of the molecule is CCOC(=O)c1sc(NC(=O)Cn2nc3c(cc2=O)CSCC3)nc1C. The predicted molar refractivity (Wildman–Crippen MR) is 99.8 cm³/mol. The maximum Gasteiger partial charge on any atom is 0.350 e. The first kappa shape index (κ1) is 18.6. The summed E-state index contributed by atoms with van der Waals surface area (Å²) in [6.45, 7) is 3.46. The molecule has 1 N–H and O–H groups in total. The van der Waals surface area contributed by atoms with E-state index in [-0.39, 0.29) is 23.8 Å². The van der Waals surface area contributed by atoms with Crippen molar-refractivity contribution in [1.29, 1.82) is 0 Å². The number of nitrogens with one attached hydrogen (secondary N) is 1. The Morgan fingerprint density at radius 1 is 1.42 bits per heavy atom. The van der Waals surface area contributed by atoms with Crippen molar-refractivity contribution in [1.82, 2.24) is 14.8 Å². The standard InChI is InChI=1S/C16H18N4O4S2/c1-3-24-15(23)14-9(2)17-16(26-14)18-12(21)7-20-13(22)6-10-8-25-5-4-11(10)19-20/h6H,3-5,7-8H2,1-2H3,(H,17,18,21). The molecule has 0 radical (unpaired) electrons. The van der Waals surface area contributed by atoms with E-state index in [2.05, 4.69) is 15.4 Å². The molecule has 0 fully saturated rings. The summed E-state index contributed by atoms with van der Waals surface area (Å²) in [5.41, 5.74) is 2.00. The molecule has 0 bridgehead atoms. The number of rotatable bonds is 5. The van der Waals surface area contributed by atoms with Crippen LogP contribution in [0.25, 0.3) is 0 Å². The second-order valence-corrected chi connectivity index (χ2v) is 7.72. The van der Waals surface area contributed by atoms with Gasteiger partial charge >= 0.3 is 5.97 Å². The number of anilines is 1. The minimum Gasteiger partial charge on any atom is -0.462 e. The summed E-state index contributed by atoms with van der Waals surface area (Å²) in [6.07, 6.45) is 0.788. The van der Waals surface area contributed by atoms with Crippen LogP contribution in [-0.2, 0) is 28.2 Å². The zero-order valence-corrected chi connectivity index (χ0v) is 16.0. The molecule has 3 heterocycles. The van der Waals surface area contributed by atoms with E-state index in [1.807, 2.05) is 0 Å². The van der Waals surface area contributed by atoms with Crippen molar-refractivity contribution >= 4 is 40.1 Å². The zero-order chi connectivity index (χ0) is 18.7. The number of amides is 1. The van der Waals surface area contributed by atoms with Gasteiger partial charge in [-0.1, -0.05) is 11.3 Å². The van der Waals surface area contributed by atoms with E-state index in [1.165, 1.54) is 0 Å². The van der Waals surface area contributed by atoms with Crippen LogP contribution in [0.5, 0.6) is 0 Å². The van der Waals surface area contributed by atoms with Crippen LogP contribution in [0.4, 0.5) is 5.13 Å². The maximum absolute atomic E-state index is 12.3. The number of esters is 1. The number of carbonyl (C=O) groups is 2. The Hall–Kier alpha value is -2.20. The quantitative estimate of drug-likeness (QED) is 0.769. The third-order valence-corrected chi connectivity index (χ3v) is 5.76. The minimum atomic E-state index is -0.464. The van der Waals surface area contributed by atoms with E-state index in [0.29, 0.717) is 10.6 Å². The fraction of sp³-hybridized carbons (Fsp3) is 0.438. The van der Waals surface area contributed by atoms with Crippen molar-refractivity contribution in [3.63, 3.8) is 0 Å². The van der Waals surface area contributed by atoms with Crippen LogP contribution in [0, 0.1) is 6.92 Å². The van der Waals surface area contributed by atoms with Gasteiger partial charge in [-0.2, -0.15) is 16.9 Å².